The monoisotopic (exact) mass is 297 g/mol. The molecule has 114 valence electrons. The van der Waals surface area contributed by atoms with E-state index in [4.69, 9.17) is 4.74 Å². The smallest absolute Gasteiger partial charge is 0.123 e. The quantitative estimate of drug-likeness (QED) is 0.749. The first-order valence-corrected chi connectivity index (χ1v) is 7.48. The molecule has 0 bridgehead atoms. The first-order valence-electron chi connectivity index (χ1n) is 7.48. The SMILES string of the molecule is CC(C)c1ccc(OCCC(C#N)c2cccc(F)c2)cc1. The van der Waals surface area contributed by atoms with Gasteiger partial charge in [-0.2, -0.15) is 5.26 Å². The Morgan fingerprint density at radius 2 is 1.82 bits per heavy atom. The van der Waals surface area contributed by atoms with Gasteiger partial charge < -0.3 is 4.74 Å². The van der Waals surface area contributed by atoms with E-state index in [2.05, 4.69) is 19.9 Å². The van der Waals surface area contributed by atoms with Crippen LogP contribution < -0.4 is 4.74 Å². The highest BCUT2D eigenvalue weighted by Gasteiger charge is 2.11. The highest BCUT2D eigenvalue weighted by atomic mass is 19.1. The molecule has 0 fully saturated rings. The fraction of sp³-hybridized carbons (Fsp3) is 0.316. The summed E-state index contributed by atoms with van der Waals surface area (Å²) in [7, 11) is 0. The van der Waals surface area contributed by atoms with Crippen LogP contribution in [-0.4, -0.2) is 6.61 Å². The molecule has 3 heteroatoms. The molecule has 2 nitrogen and oxygen atoms in total. The predicted octanol–water partition coefficient (Wildman–Crippen LogP) is 5.03. The zero-order valence-electron chi connectivity index (χ0n) is 12.9. The van der Waals surface area contributed by atoms with Crippen LogP contribution in [0.3, 0.4) is 0 Å². The summed E-state index contributed by atoms with van der Waals surface area (Å²) in [6.07, 6.45) is 0.534. The molecular weight excluding hydrogens is 277 g/mol. The minimum atomic E-state index is -0.356. The van der Waals surface area contributed by atoms with E-state index in [1.54, 1.807) is 12.1 Å². The van der Waals surface area contributed by atoms with E-state index in [-0.39, 0.29) is 11.7 Å². The van der Waals surface area contributed by atoms with Crippen LogP contribution in [-0.2, 0) is 0 Å². The van der Waals surface area contributed by atoms with Crippen molar-refractivity contribution in [2.75, 3.05) is 6.61 Å². The Morgan fingerprint density at radius 3 is 2.41 bits per heavy atom. The molecule has 0 aromatic heterocycles. The molecule has 0 aliphatic rings. The second-order valence-corrected chi connectivity index (χ2v) is 5.60. The van der Waals surface area contributed by atoms with Crippen LogP contribution in [0.25, 0.3) is 0 Å². The van der Waals surface area contributed by atoms with Gasteiger partial charge in [0.1, 0.15) is 11.6 Å². The Balaban J connectivity index is 1.90. The number of nitrogens with zero attached hydrogens (tertiary/aromatic N) is 1. The van der Waals surface area contributed by atoms with E-state index in [9.17, 15) is 9.65 Å². The van der Waals surface area contributed by atoms with Gasteiger partial charge >= 0.3 is 0 Å². The Kier molecular flexibility index (Phi) is 5.55. The molecule has 0 spiro atoms. The van der Waals surface area contributed by atoms with Gasteiger partial charge in [0.2, 0.25) is 0 Å². The van der Waals surface area contributed by atoms with Gasteiger partial charge in [0, 0.05) is 6.42 Å². The second kappa shape index (κ2) is 7.61. The number of hydrogen-bond donors (Lipinski definition) is 0. The summed E-state index contributed by atoms with van der Waals surface area (Å²) < 4.78 is 18.9. The molecule has 0 heterocycles. The lowest BCUT2D eigenvalue weighted by molar-refractivity contribution is 0.305. The minimum Gasteiger partial charge on any atom is -0.494 e. The predicted molar refractivity (Wildman–Crippen MR) is 85.4 cm³/mol. The maximum Gasteiger partial charge on any atom is 0.123 e. The molecule has 0 saturated carbocycles. The fourth-order valence-electron chi connectivity index (χ4n) is 2.27. The minimum absolute atomic E-state index is 0.317. The Labute approximate surface area is 131 Å². The zero-order chi connectivity index (χ0) is 15.9. The van der Waals surface area contributed by atoms with Crippen molar-refractivity contribution < 1.29 is 9.13 Å². The number of benzene rings is 2. The van der Waals surface area contributed by atoms with Crippen LogP contribution in [0.15, 0.2) is 48.5 Å². The van der Waals surface area contributed by atoms with Crippen LogP contribution in [0, 0.1) is 17.1 Å². The second-order valence-electron chi connectivity index (χ2n) is 5.60. The lowest BCUT2D eigenvalue weighted by Gasteiger charge is -2.12. The number of hydrogen-bond acceptors (Lipinski definition) is 2. The third kappa shape index (κ3) is 4.33. The maximum atomic E-state index is 13.2. The molecule has 1 unspecified atom stereocenters. The van der Waals surface area contributed by atoms with E-state index in [0.717, 1.165) is 5.75 Å². The largest absolute Gasteiger partial charge is 0.494 e. The first kappa shape index (κ1) is 16.0. The number of rotatable bonds is 6. The lowest BCUT2D eigenvalue weighted by atomic mass is 9.97. The van der Waals surface area contributed by atoms with Gasteiger partial charge in [-0.1, -0.05) is 38.1 Å². The van der Waals surface area contributed by atoms with Gasteiger partial charge in [0.25, 0.3) is 0 Å². The fourth-order valence-corrected chi connectivity index (χ4v) is 2.27. The maximum absolute atomic E-state index is 13.2. The van der Waals surface area contributed by atoms with Crippen molar-refractivity contribution in [3.05, 3.63) is 65.5 Å². The van der Waals surface area contributed by atoms with Crippen LogP contribution in [0.4, 0.5) is 4.39 Å². The number of nitriles is 1. The molecule has 0 aliphatic carbocycles. The molecule has 2 rings (SSSR count). The van der Waals surface area contributed by atoms with Crippen molar-refractivity contribution in [2.45, 2.75) is 32.1 Å². The molecule has 1 atom stereocenters. The highest BCUT2D eigenvalue weighted by Crippen LogP contribution is 2.22. The van der Waals surface area contributed by atoms with Crippen LogP contribution >= 0.6 is 0 Å². The summed E-state index contributed by atoms with van der Waals surface area (Å²) in [5, 5.41) is 9.24. The topological polar surface area (TPSA) is 33.0 Å². The van der Waals surface area contributed by atoms with Crippen molar-refractivity contribution in [3.8, 4) is 11.8 Å². The summed E-state index contributed by atoms with van der Waals surface area (Å²) in [5.74, 6) is 0.610. The number of ether oxygens (including phenoxy) is 1. The van der Waals surface area contributed by atoms with E-state index < -0.39 is 0 Å². The molecule has 2 aromatic rings. The van der Waals surface area contributed by atoms with Gasteiger partial charge in [-0.05, 0) is 41.3 Å². The molecule has 0 amide bonds. The van der Waals surface area contributed by atoms with E-state index in [0.29, 0.717) is 24.5 Å². The summed E-state index contributed by atoms with van der Waals surface area (Å²) in [6.45, 7) is 4.72. The average molecular weight is 297 g/mol. The molecule has 22 heavy (non-hydrogen) atoms. The first-order chi connectivity index (χ1) is 10.6. The Hall–Kier alpha value is -2.34. The Morgan fingerprint density at radius 1 is 1.09 bits per heavy atom. The van der Waals surface area contributed by atoms with Gasteiger partial charge in [-0.25, -0.2) is 4.39 Å². The van der Waals surface area contributed by atoms with E-state index in [1.807, 2.05) is 24.3 Å². The summed E-state index contributed by atoms with van der Waals surface area (Å²) >= 11 is 0. The highest BCUT2D eigenvalue weighted by molar-refractivity contribution is 5.29. The van der Waals surface area contributed by atoms with Crippen LogP contribution in [0.5, 0.6) is 5.75 Å². The zero-order valence-corrected chi connectivity index (χ0v) is 12.9. The third-order valence-electron chi connectivity index (χ3n) is 3.63. The van der Waals surface area contributed by atoms with Gasteiger partial charge in [0.05, 0.1) is 18.6 Å². The molecular formula is C19H20FNO. The number of halogens is 1. The van der Waals surface area contributed by atoms with Crippen molar-refractivity contribution in [1.29, 1.82) is 5.26 Å². The molecule has 0 aliphatic heterocycles. The normalized spacial score (nSPS) is 12.0. The summed E-state index contributed by atoms with van der Waals surface area (Å²) in [6, 6.07) is 16.4. The van der Waals surface area contributed by atoms with Crippen molar-refractivity contribution >= 4 is 0 Å². The van der Waals surface area contributed by atoms with Crippen molar-refractivity contribution in [2.24, 2.45) is 0 Å². The third-order valence-corrected chi connectivity index (χ3v) is 3.63. The summed E-state index contributed by atoms with van der Waals surface area (Å²) in [5.41, 5.74) is 1.96. The molecule has 0 saturated heterocycles. The Bertz CT molecular complexity index is 643. The van der Waals surface area contributed by atoms with Gasteiger partial charge in [0.15, 0.2) is 0 Å². The molecule has 0 N–H and O–H groups in total. The van der Waals surface area contributed by atoms with Gasteiger partial charge in [-0.15, -0.1) is 0 Å². The average Bonchev–Trinajstić information content (AvgIpc) is 2.52. The van der Waals surface area contributed by atoms with Gasteiger partial charge in [-0.3, -0.25) is 0 Å². The van der Waals surface area contributed by atoms with E-state index in [1.165, 1.54) is 17.7 Å². The van der Waals surface area contributed by atoms with Crippen LogP contribution in [0.2, 0.25) is 0 Å². The lowest BCUT2D eigenvalue weighted by Crippen LogP contribution is -2.05. The van der Waals surface area contributed by atoms with Crippen molar-refractivity contribution in [3.63, 3.8) is 0 Å². The molecule has 0 radical (unpaired) electrons. The molecule has 2 aromatic carbocycles. The standard InChI is InChI=1S/C19H20FNO/c1-14(2)15-6-8-19(9-7-15)22-11-10-17(13-21)16-4-3-5-18(20)12-16/h3-9,12,14,17H,10-11H2,1-2H3. The van der Waals surface area contributed by atoms with E-state index >= 15 is 0 Å². The summed E-state index contributed by atoms with van der Waals surface area (Å²) in [4.78, 5) is 0. The van der Waals surface area contributed by atoms with Crippen LogP contribution in [0.1, 0.15) is 43.2 Å². The van der Waals surface area contributed by atoms with Crippen molar-refractivity contribution in [1.82, 2.24) is 0 Å².